The Hall–Kier alpha value is -0.820. The second-order valence-electron chi connectivity index (χ2n) is 4.90. The molecule has 0 bridgehead atoms. The van der Waals surface area contributed by atoms with Crippen LogP contribution in [0.2, 0.25) is 0 Å². The predicted octanol–water partition coefficient (Wildman–Crippen LogP) is 3.04. The molecule has 2 atom stereocenters. The molecule has 1 aliphatic heterocycles. The van der Waals surface area contributed by atoms with Gasteiger partial charge in [-0.1, -0.05) is 6.92 Å². The monoisotopic (exact) mass is 337 g/mol. The van der Waals surface area contributed by atoms with Crippen LogP contribution in [0.15, 0.2) is 16.7 Å². The summed E-state index contributed by atoms with van der Waals surface area (Å²) < 4.78 is 39.5. The highest BCUT2D eigenvalue weighted by Gasteiger charge is 2.37. The van der Waals surface area contributed by atoms with Crippen molar-refractivity contribution in [2.24, 2.45) is 11.7 Å². The quantitative estimate of drug-likeness (QED) is 0.856. The topological polar surface area (TPSA) is 42.2 Å². The number of rotatable bonds is 1. The second-order valence-corrected chi connectivity index (χ2v) is 5.81. The van der Waals surface area contributed by atoms with Gasteiger partial charge < -0.3 is 10.6 Å². The molecule has 1 saturated heterocycles. The summed E-state index contributed by atoms with van der Waals surface area (Å²) in [6.45, 7) is 2.95. The van der Waals surface area contributed by atoms with Gasteiger partial charge >= 0.3 is 6.18 Å². The Morgan fingerprint density at radius 1 is 1.47 bits per heavy atom. The van der Waals surface area contributed by atoms with E-state index in [1.165, 1.54) is 6.20 Å². The zero-order valence-electron chi connectivity index (χ0n) is 10.4. The van der Waals surface area contributed by atoms with Crippen molar-refractivity contribution < 1.29 is 13.2 Å². The molecule has 0 aromatic carbocycles. The highest BCUT2D eigenvalue weighted by molar-refractivity contribution is 9.10. The molecule has 2 unspecified atom stereocenters. The number of nitrogens with zero attached hydrogens (tertiary/aromatic N) is 2. The van der Waals surface area contributed by atoms with E-state index >= 15 is 0 Å². The molecule has 0 radical (unpaired) electrons. The highest BCUT2D eigenvalue weighted by atomic mass is 79.9. The predicted molar refractivity (Wildman–Crippen MR) is 70.9 cm³/mol. The molecule has 106 valence electrons. The second kappa shape index (κ2) is 5.28. The third kappa shape index (κ3) is 3.20. The van der Waals surface area contributed by atoms with Gasteiger partial charge in [0.25, 0.3) is 0 Å². The summed E-state index contributed by atoms with van der Waals surface area (Å²) in [4.78, 5) is 5.62. The lowest BCUT2D eigenvalue weighted by Crippen LogP contribution is -2.46. The van der Waals surface area contributed by atoms with Crippen molar-refractivity contribution >= 4 is 21.7 Å². The van der Waals surface area contributed by atoms with E-state index in [1.54, 1.807) is 4.90 Å². The van der Waals surface area contributed by atoms with E-state index < -0.39 is 11.7 Å². The van der Waals surface area contributed by atoms with Crippen molar-refractivity contribution in [3.8, 4) is 0 Å². The lowest BCUT2D eigenvalue weighted by molar-refractivity contribution is -0.137. The minimum Gasteiger partial charge on any atom is -0.356 e. The van der Waals surface area contributed by atoms with E-state index in [0.717, 1.165) is 6.07 Å². The van der Waals surface area contributed by atoms with Gasteiger partial charge in [-0.05, 0) is 34.3 Å². The number of piperidine rings is 1. The minimum absolute atomic E-state index is 0.00514. The van der Waals surface area contributed by atoms with Crippen LogP contribution in [0.1, 0.15) is 18.9 Å². The lowest BCUT2D eigenvalue weighted by Gasteiger charge is -2.36. The smallest absolute Gasteiger partial charge is 0.356 e. The standard InChI is InChI=1S/C12H15BrF3N3/c1-7-6-19(3-2-10(7)17)11-9(12(14,15)16)4-8(13)5-18-11/h4-5,7,10H,2-3,6,17H2,1H3. The Morgan fingerprint density at radius 3 is 2.74 bits per heavy atom. The molecule has 2 N–H and O–H groups in total. The van der Waals surface area contributed by atoms with Crippen LogP contribution >= 0.6 is 15.9 Å². The van der Waals surface area contributed by atoms with Crippen molar-refractivity contribution in [3.63, 3.8) is 0 Å². The fourth-order valence-corrected chi connectivity index (χ4v) is 2.58. The summed E-state index contributed by atoms with van der Waals surface area (Å²) in [5.41, 5.74) is 5.19. The Bertz CT molecular complexity index is 464. The summed E-state index contributed by atoms with van der Waals surface area (Å²) in [5.74, 6) is 0.148. The van der Waals surface area contributed by atoms with Crippen molar-refractivity contribution in [1.29, 1.82) is 0 Å². The van der Waals surface area contributed by atoms with Gasteiger partial charge in [-0.3, -0.25) is 0 Å². The maximum atomic E-state index is 13.0. The first-order valence-electron chi connectivity index (χ1n) is 6.02. The van der Waals surface area contributed by atoms with E-state index in [4.69, 9.17) is 5.73 Å². The van der Waals surface area contributed by atoms with Crippen LogP contribution in [0, 0.1) is 5.92 Å². The van der Waals surface area contributed by atoms with Crippen LogP contribution in [0.25, 0.3) is 0 Å². The van der Waals surface area contributed by atoms with Gasteiger partial charge in [-0.25, -0.2) is 4.98 Å². The SMILES string of the molecule is CC1CN(c2ncc(Br)cc2C(F)(F)F)CCC1N. The largest absolute Gasteiger partial charge is 0.419 e. The summed E-state index contributed by atoms with van der Waals surface area (Å²) >= 11 is 3.03. The molecule has 19 heavy (non-hydrogen) atoms. The average molecular weight is 338 g/mol. The van der Waals surface area contributed by atoms with Crippen LogP contribution in [-0.2, 0) is 6.18 Å². The zero-order chi connectivity index (χ0) is 14.2. The van der Waals surface area contributed by atoms with Crippen molar-refractivity contribution in [3.05, 3.63) is 22.3 Å². The number of anilines is 1. The van der Waals surface area contributed by atoms with Gasteiger partial charge in [-0.15, -0.1) is 0 Å². The zero-order valence-corrected chi connectivity index (χ0v) is 12.0. The number of aromatic nitrogens is 1. The molecule has 1 fully saturated rings. The van der Waals surface area contributed by atoms with Crippen LogP contribution in [0.3, 0.4) is 0 Å². The van der Waals surface area contributed by atoms with Crippen molar-refractivity contribution in [2.45, 2.75) is 25.6 Å². The molecule has 1 aliphatic rings. The number of hydrogen-bond acceptors (Lipinski definition) is 3. The molecule has 1 aromatic rings. The molecule has 2 heterocycles. The van der Waals surface area contributed by atoms with Crippen LogP contribution in [0.5, 0.6) is 0 Å². The van der Waals surface area contributed by atoms with Crippen LogP contribution in [-0.4, -0.2) is 24.1 Å². The molecular weight excluding hydrogens is 323 g/mol. The fraction of sp³-hybridized carbons (Fsp3) is 0.583. The van der Waals surface area contributed by atoms with E-state index in [1.807, 2.05) is 6.92 Å². The molecular formula is C12H15BrF3N3. The summed E-state index contributed by atoms with van der Waals surface area (Å²) in [6, 6.07) is 1.11. The van der Waals surface area contributed by atoms with Crippen LogP contribution < -0.4 is 10.6 Å². The fourth-order valence-electron chi connectivity index (χ4n) is 2.25. The van der Waals surface area contributed by atoms with Gasteiger partial charge in [0, 0.05) is 29.8 Å². The number of halogens is 4. The van der Waals surface area contributed by atoms with Crippen molar-refractivity contribution in [1.82, 2.24) is 4.98 Å². The molecule has 0 amide bonds. The lowest BCUT2D eigenvalue weighted by atomic mass is 9.94. The molecule has 0 aliphatic carbocycles. The van der Waals surface area contributed by atoms with Gasteiger partial charge in [0.15, 0.2) is 0 Å². The molecule has 2 rings (SSSR count). The van der Waals surface area contributed by atoms with Crippen LogP contribution in [0.4, 0.5) is 19.0 Å². The number of hydrogen-bond donors (Lipinski definition) is 1. The first kappa shape index (κ1) is 14.6. The number of nitrogens with two attached hydrogens (primary N) is 1. The van der Waals surface area contributed by atoms with Gasteiger partial charge in [0.05, 0.1) is 5.56 Å². The normalized spacial score (nSPS) is 24.6. The maximum Gasteiger partial charge on any atom is 0.419 e. The van der Waals surface area contributed by atoms with Gasteiger partial charge in [-0.2, -0.15) is 13.2 Å². The van der Waals surface area contributed by atoms with E-state index in [9.17, 15) is 13.2 Å². The first-order chi connectivity index (χ1) is 8.79. The first-order valence-corrected chi connectivity index (χ1v) is 6.81. The van der Waals surface area contributed by atoms with E-state index in [0.29, 0.717) is 24.0 Å². The summed E-state index contributed by atoms with van der Waals surface area (Å²) in [6.07, 6.45) is -2.34. The summed E-state index contributed by atoms with van der Waals surface area (Å²) in [7, 11) is 0. The molecule has 0 spiro atoms. The average Bonchev–Trinajstić information content (AvgIpc) is 2.32. The molecule has 0 saturated carbocycles. The summed E-state index contributed by atoms with van der Waals surface area (Å²) in [5, 5.41) is 0. The van der Waals surface area contributed by atoms with Gasteiger partial charge in [0.1, 0.15) is 5.82 Å². The maximum absolute atomic E-state index is 13.0. The van der Waals surface area contributed by atoms with Crippen molar-refractivity contribution in [2.75, 3.05) is 18.0 Å². The van der Waals surface area contributed by atoms with E-state index in [-0.39, 0.29) is 17.8 Å². The third-order valence-electron chi connectivity index (χ3n) is 3.41. The molecule has 7 heteroatoms. The minimum atomic E-state index is -4.41. The van der Waals surface area contributed by atoms with Gasteiger partial charge in [0.2, 0.25) is 0 Å². The highest BCUT2D eigenvalue weighted by Crippen LogP contribution is 2.37. The Morgan fingerprint density at radius 2 is 2.16 bits per heavy atom. The number of pyridine rings is 1. The third-order valence-corrected chi connectivity index (χ3v) is 3.84. The molecule has 3 nitrogen and oxygen atoms in total. The Kier molecular flexibility index (Phi) is 4.06. The Balaban J connectivity index is 2.34. The Labute approximate surface area is 118 Å². The van der Waals surface area contributed by atoms with E-state index in [2.05, 4.69) is 20.9 Å². The molecule has 1 aromatic heterocycles. The number of alkyl halides is 3.